The number of aromatic nitrogens is 1. The smallest absolute Gasteiger partial charge is 0.242 e. The van der Waals surface area contributed by atoms with E-state index in [-0.39, 0.29) is 24.9 Å². The number of carbonyl (C=O) groups is 2. The first-order chi connectivity index (χ1) is 9.24. The number of fused-ring (bicyclic) bond motifs is 1. The Hall–Kier alpha value is -2.30. The average molecular weight is 257 g/mol. The quantitative estimate of drug-likeness (QED) is 0.848. The standard InChI is InChI=1S/C14H15N3O2/c18-13-9-17(14(19)8-16-13)6-5-10-7-15-12-4-2-1-3-11(10)12/h1-4,7,15H,5-6,8-9H2,(H,16,18). The molecule has 0 bridgehead atoms. The Balaban J connectivity index is 1.72. The zero-order chi connectivity index (χ0) is 13.2. The number of rotatable bonds is 3. The van der Waals surface area contributed by atoms with E-state index in [4.69, 9.17) is 0 Å². The van der Waals surface area contributed by atoms with E-state index in [1.54, 1.807) is 4.90 Å². The molecule has 0 spiro atoms. The van der Waals surface area contributed by atoms with Crippen LogP contribution in [-0.2, 0) is 16.0 Å². The van der Waals surface area contributed by atoms with Gasteiger partial charge < -0.3 is 15.2 Å². The van der Waals surface area contributed by atoms with Gasteiger partial charge in [0.15, 0.2) is 0 Å². The molecule has 2 heterocycles. The van der Waals surface area contributed by atoms with E-state index in [1.807, 2.05) is 24.4 Å². The summed E-state index contributed by atoms with van der Waals surface area (Å²) in [6.45, 7) is 0.863. The molecule has 1 aliphatic heterocycles. The number of hydrogen-bond acceptors (Lipinski definition) is 2. The van der Waals surface area contributed by atoms with E-state index in [0.29, 0.717) is 6.54 Å². The summed E-state index contributed by atoms with van der Waals surface area (Å²) in [4.78, 5) is 27.8. The fourth-order valence-corrected chi connectivity index (χ4v) is 2.40. The molecule has 5 nitrogen and oxygen atoms in total. The van der Waals surface area contributed by atoms with Gasteiger partial charge in [-0.05, 0) is 18.1 Å². The van der Waals surface area contributed by atoms with E-state index >= 15 is 0 Å². The highest BCUT2D eigenvalue weighted by Gasteiger charge is 2.22. The van der Waals surface area contributed by atoms with Gasteiger partial charge in [0.2, 0.25) is 11.8 Å². The Morgan fingerprint density at radius 1 is 1.21 bits per heavy atom. The van der Waals surface area contributed by atoms with Gasteiger partial charge in [-0.3, -0.25) is 9.59 Å². The third kappa shape index (κ3) is 2.31. The molecule has 0 radical (unpaired) electrons. The first-order valence-electron chi connectivity index (χ1n) is 6.33. The average Bonchev–Trinajstić information content (AvgIpc) is 2.83. The van der Waals surface area contributed by atoms with Gasteiger partial charge in [0.1, 0.15) is 0 Å². The lowest BCUT2D eigenvalue weighted by Gasteiger charge is -2.26. The highest BCUT2D eigenvalue weighted by atomic mass is 16.2. The molecule has 0 saturated carbocycles. The number of hydrogen-bond donors (Lipinski definition) is 2. The monoisotopic (exact) mass is 257 g/mol. The minimum Gasteiger partial charge on any atom is -0.361 e. The van der Waals surface area contributed by atoms with Gasteiger partial charge in [0.25, 0.3) is 0 Å². The SMILES string of the molecule is O=C1CN(CCc2c[nH]c3ccccc23)C(=O)CN1. The van der Waals surface area contributed by atoms with Gasteiger partial charge in [-0.25, -0.2) is 0 Å². The molecule has 3 rings (SSSR count). The van der Waals surface area contributed by atoms with Crippen molar-refractivity contribution >= 4 is 22.7 Å². The van der Waals surface area contributed by atoms with Gasteiger partial charge >= 0.3 is 0 Å². The lowest BCUT2D eigenvalue weighted by atomic mass is 10.1. The molecule has 2 N–H and O–H groups in total. The molecule has 0 aliphatic carbocycles. The predicted molar refractivity (Wildman–Crippen MR) is 71.6 cm³/mol. The van der Waals surface area contributed by atoms with Crippen LogP contribution in [0.3, 0.4) is 0 Å². The van der Waals surface area contributed by atoms with Crippen molar-refractivity contribution in [3.63, 3.8) is 0 Å². The third-order valence-corrected chi connectivity index (χ3v) is 3.45. The molecule has 0 unspecified atom stereocenters. The van der Waals surface area contributed by atoms with Crippen molar-refractivity contribution < 1.29 is 9.59 Å². The number of carbonyl (C=O) groups excluding carboxylic acids is 2. The van der Waals surface area contributed by atoms with Crippen molar-refractivity contribution in [1.29, 1.82) is 0 Å². The van der Waals surface area contributed by atoms with Crippen LogP contribution in [0.25, 0.3) is 10.9 Å². The number of piperazine rings is 1. The largest absolute Gasteiger partial charge is 0.361 e. The fourth-order valence-electron chi connectivity index (χ4n) is 2.40. The molecule has 98 valence electrons. The minimum atomic E-state index is -0.0847. The predicted octanol–water partition coefficient (Wildman–Crippen LogP) is 0.669. The van der Waals surface area contributed by atoms with Gasteiger partial charge in [-0.1, -0.05) is 18.2 Å². The topological polar surface area (TPSA) is 65.2 Å². The summed E-state index contributed by atoms with van der Waals surface area (Å²) in [5, 5.41) is 3.73. The molecule has 5 heteroatoms. The summed E-state index contributed by atoms with van der Waals surface area (Å²) >= 11 is 0. The number of nitrogens with zero attached hydrogens (tertiary/aromatic N) is 1. The summed E-state index contributed by atoms with van der Waals surface area (Å²) in [5.74, 6) is -0.0991. The van der Waals surface area contributed by atoms with Crippen LogP contribution in [0.1, 0.15) is 5.56 Å². The highest BCUT2D eigenvalue weighted by Crippen LogP contribution is 2.18. The molecule has 19 heavy (non-hydrogen) atoms. The van der Waals surface area contributed by atoms with Crippen LogP contribution < -0.4 is 5.32 Å². The number of para-hydroxylation sites is 1. The van der Waals surface area contributed by atoms with Gasteiger partial charge in [0.05, 0.1) is 13.1 Å². The summed E-state index contributed by atoms with van der Waals surface area (Å²) in [6.07, 6.45) is 2.72. The normalized spacial score (nSPS) is 15.9. The van der Waals surface area contributed by atoms with Crippen molar-refractivity contribution in [1.82, 2.24) is 15.2 Å². The van der Waals surface area contributed by atoms with Gasteiger partial charge in [-0.2, -0.15) is 0 Å². The Morgan fingerprint density at radius 2 is 2.05 bits per heavy atom. The molecular weight excluding hydrogens is 242 g/mol. The van der Waals surface area contributed by atoms with Crippen LogP contribution in [0.15, 0.2) is 30.5 Å². The van der Waals surface area contributed by atoms with Crippen LogP contribution in [0.5, 0.6) is 0 Å². The van der Waals surface area contributed by atoms with Crippen molar-refractivity contribution in [3.05, 3.63) is 36.0 Å². The summed E-state index contributed by atoms with van der Waals surface area (Å²) in [6, 6.07) is 8.07. The lowest BCUT2D eigenvalue weighted by Crippen LogP contribution is -2.51. The van der Waals surface area contributed by atoms with Crippen molar-refractivity contribution in [2.45, 2.75) is 6.42 Å². The van der Waals surface area contributed by atoms with E-state index in [0.717, 1.165) is 11.9 Å². The van der Waals surface area contributed by atoms with Crippen molar-refractivity contribution in [3.8, 4) is 0 Å². The lowest BCUT2D eigenvalue weighted by molar-refractivity contribution is -0.140. The second-order valence-corrected chi connectivity index (χ2v) is 4.70. The van der Waals surface area contributed by atoms with Crippen LogP contribution >= 0.6 is 0 Å². The van der Waals surface area contributed by atoms with Crippen LogP contribution in [0.4, 0.5) is 0 Å². The van der Waals surface area contributed by atoms with E-state index in [2.05, 4.69) is 16.4 Å². The third-order valence-electron chi connectivity index (χ3n) is 3.45. The van der Waals surface area contributed by atoms with Gasteiger partial charge in [-0.15, -0.1) is 0 Å². The molecule has 1 aromatic heterocycles. The highest BCUT2D eigenvalue weighted by molar-refractivity contribution is 5.92. The Bertz CT molecular complexity index is 632. The number of amides is 2. The second kappa shape index (κ2) is 4.76. The number of benzene rings is 1. The molecule has 2 aromatic rings. The fraction of sp³-hybridized carbons (Fsp3) is 0.286. The molecule has 1 aliphatic rings. The zero-order valence-corrected chi connectivity index (χ0v) is 10.5. The van der Waals surface area contributed by atoms with E-state index < -0.39 is 0 Å². The first-order valence-corrected chi connectivity index (χ1v) is 6.33. The van der Waals surface area contributed by atoms with E-state index in [9.17, 15) is 9.59 Å². The summed E-state index contributed by atoms with van der Waals surface area (Å²) in [5.41, 5.74) is 2.27. The first kappa shape index (κ1) is 11.8. The molecule has 0 atom stereocenters. The maximum Gasteiger partial charge on any atom is 0.242 e. The van der Waals surface area contributed by atoms with Crippen molar-refractivity contribution in [2.75, 3.05) is 19.6 Å². The number of nitrogens with one attached hydrogen (secondary N) is 2. The Labute approximate surface area is 110 Å². The molecule has 2 amide bonds. The minimum absolute atomic E-state index is 0.0144. The van der Waals surface area contributed by atoms with Gasteiger partial charge in [0, 0.05) is 23.6 Å². The maximum atomic E-state index is 11.7. The zero-order valence-electron chi connectivity index (χ0n) is 10.5. The Morgan fingerprint density at radius 3 is 2.95 bits per heavy atom. The van der Waals surface area contributed by atoms with Crippen LogP contribution in [0, 0.1) is 0 Å². The molecule has 1 saturated heterocycles. The molecule has 1 aromatic carbocycles. The number of H-pyrrole nitrogens is 1. The van der Waals surface area contributed by atoms with Crippen LogP contribution in [0.2, 0.25) is 0 Å². The maximum absolute atomic E-state index is 11.7. The van der Waals surface area contributed by atoms with Crippen LogP contribution in [-0.4, -0.2) is 41.3 Å². The second-order valence-electron chi connectivity index (χ2n) is 4.70. The summed E-state index contributed by atoms with van der Waals surface area (Å²) < 4.78 is 0. The molecule has 1 fully saturated rings. The summed E-state index contributed by atoms with van der Waals surface area (Å²) in [7, 11) is 0. The molecular formula is C14H15N3O2. The van der Waals surface area contributed by atoms with E-state index in [1.165, 1.54) is 10.9 Å². The van der Waals surface area contributed by atoms with Crippen molar-refractivity contribution in [2.24, 2.45) is 0 Å². The Kier molecular flexibility index (Phi) is 2.95. The number of aromatic amines is 1.